The lowest BCUT2D eigenvalue weighted by Crippen LogP contribution is -2.47. The lowest BCUT2D eigenvalue weighted by atomic mass is 9.99. The van der Waals surface area contributed by atoms with Crippen molar-refractivity contribution in [2.45, 2.75) is 19.8 Å². The second-order valence-corrected chi connectivity index (χ2v) is 3.37. The van der Waals surface area contributed by atoms with E-state index < -0.39 is 0 Å². The molecule has 1 aliphatic heterocycles. The first-order valence-corrected chi connectivity index (χ1v) is 4.43. The molecule has 2 amide bonds. The number of nitrogens with zero attached hydrogens (tertiary/aromatic N) is 1. The summed E-state index contributed by atoms with van der Waals surface area (Å²) in [5.41, 5.74) is 2.01. The number of amides is 2. The van der Waals surface area contributed by atoms with Gasteiger partial charge in [0.1, 0.15) is 6.54 Å². The maximum atomic E-state index is 11.5. The van der Waals surface area contributed by atoms with Crippen molar-refractivity contribution >= 4 is 11.8 Å². The summed E-state index contributed by atoms with van der Waals surface area (Å²) in [4.78, 5) is 23.9. The van der Waals surface area contributed by atoms with Crippen LogP contribution in [-0.4, -0.2) is 29.8 Å². The summed E-state index contributed by atoms with van der Waals surface area (Å²) >= 11 is 0. The van der Waals surface area contributed by atoms with Crippen molar-refractivity contribution in [1.82, 2.24) is 10.3 Å². The van der Waals surface area contributed by atoms with Crippen molar-refractivity contribution in [3.63, 3.8) is 0 Å². The molecule has 5 nitrogen and oxygen atoms in total. The first-order chi connectivity index (χ1) is 6.15. The third-order valence-electron chi connectivity index (χ3n) is 2.29. The van der Waals surface area contributed by atoms with Gasteiger partial charge in [0, 0.05) is 12.5 Å². The molecule has 1 saturated heterocycles. The van der Waals surface area contributed by atoms with Crippen LogP contribution in [0.25, 0.3) is 0 Å². The van der Waals surface area contributed by atoms with Crippen LogP contribution >= 0.6 is 0 Å². The van der Waals surface area contributed by atoms with Gasteiger partial charge in [-0.1, -0.05) is 6.92 Å². The van der Waals surface area contributed by atoms with E-state index in [2.05, 4.69) is 0 Å². The summed E-state index contributed by atoms with van der Waals surface area (Å²) in [7, 11) is 0. The first-order valence-electron chi connectivity index (χ1n) is 4.43. The monoisotopic (exact) mass is 185 g/mol. The van der Waals surface area contributed by atoms with E-state index in [9.17, 15) is 9.59 Å². The minimum atomic E-state index is -0.317. The van der Waals surface area contributed by atoms with Crippen LogP contribution in [0.4, 0.5) is 0 Å². The second-order valence-electron chi connectivity index (χ2n) is 3.37. The van der Waals surface area contributed by atoms with Crippen molar-refractivity contribution in [3.8, 4) is 0 Å². The van der Waals surface area contributed by atoms with Gasteiger partial charge in [-0.2, -0.15) is 0 Å². The minimum absolute atomic E-state index is 0.0410. The Labute approximate surface area is 77.2 Å². The fourth-order valence-corrected chi connectivity index (χ4v) is 1.51. The number of nitrogens with two attached hydrogens (primary N) is 1. The molecule has 0 aliphatic carbocycles. The summed E-state index contributed by atoms with van der Waals surface area (Å²) < 4.78 is 0. The lowest BCUT2D eigenvalue weighted by Gasteiger charge is -2.29. The van der Waals surface area contributed by atoms with Gasteiger partial charge in [0.05, 0.1) is 0 Å². The molecule has 1 rings (SSSR count). The summed E-state index contributed by atoms with van der Waals surface area (Å²) in [6, 6.07) is 0. The Kier molecular flexibility index (Phi) is 3.25. The van der Waals surface area contributed by atoms with Crippen LogP contribution in [-0.2, 0) is 9.59 Å². The van der Waals surface area contributed by atoms with Crippen LogP contribution in [0, 0.1) is 5.92 Å². The predicted octanol–water partition coefficient (Wildman–Crippen LogP) is -0.765. The molecule has 1 fully saturated rings. The summed E-state index contributed by atoms with van der Waals surface area (Å²) in [5, 5.41) is 0. The highest BCUT2D eigenvalue weighted by molar-refractivity contribution is 5.85. The third-order valence-corrected chi connectivity index (χ3v) is 2.29. The number of hydrogen-bond acceptors (Lipinski definition) is 3. The van der Waals surface area contributed by atoms with E-state index in [1.54, 1.807) is 4.90 Å². The number of hydrogen-bond donors (Lipinski definition) is 2. The predicted molar refractivity (Wildman–Crippen MR) is 47.3 cm³/mol. The van der Waals surface area contributed by atoms with Crippen molar-refractivity contribution in [2.24, 2.45) is 11.8 Å². The molecule has 0 aromatic carbocycles. The Bertz CT molecular complexity index is 217. The van der Waals surface area contributed by atoms with Crippen molar-refractivity contribution < 1.29 is 9.59 Å². The molecule has 0 aromatic rings. The average Bonchev–Trinajstić information content (AvgIpc) is 2.13. The van der Waals surface area contributed by atoms with Crippen molar-refractivity contribution in [3.05, 3.63) is 0 Å². The first kappa shape index (κ1) is 9.98. The molecule has 3 N–H and O–H groups in total. The Morgan fingerprint density at radius 1 is 1.77 bits per heavy atom. The number of nitrogens with one attached hydrogen (secondary N) is 1. The molecule has 1 aliphatic rings. The minimum Gasteiger partial charge on any atom is -0.333 e. The largest absolute Gasteiger partial charge is 0.333 e. The molecule has 1 heterocycles. The fraction of sp³-hybridized carbons (Fsp3) is 0.750. The highest BCUT2D eigenvalue weighted by atomic mass is 16.2. The van der Waals surface area contributed by atoms with E-state index in [0.717, 1.165) is 12.8 Å². The van der Waals surface area contributed by atoms with Gasteiger partial charge in [0.15, 0.2) is 0 Å². The quantitative estimate of drug-likeness (QED) is 0.337. The maximum Gasteiger partial charge on any atom is 0.253 e. The van der Waals surface area contributed by atoms with Gasteiger partial charge in [-0.3, -0.25) is 15.0 Å². The number of carbonyl (C=O) groups is 2. The van der Waals surface area contributed by atoms with Crippen LogP contribution in [0.5, 0.6) is 0 Å². The van der Waals surface area contributed by atoms with Crippen molar-refractivity contribution in [2.75, 3.05) is 13.1 Å². The topological polar surface area (TPSA) is 75.4 Å². The van der Waals surface area contributed by atoms with E-state index in [1.807, 2.05) is 12.3 Å². The van der Waals surface area contributed by atoms with Gasteiger partial charge in [-0.25, -0.2) is 5.84 Å². The molecule has 0 bridgehead atoms. The smallest absolute Gasteiger partial charge is 0.253 e. The highest BCUT2D eigenvalue weighted by Gasteiger charge is 2.25. The standard InChI is InChI=1S/C8H15N3O2/c1-6-3-2-4-11(8(6)13)5-7(12)10-9/h6H,2-5,9H2,1H3,(H,10,12). The Morgan fingerprint density at radius 3 is 3.08 bits per heavy atom. The molecule has 0 saturated carbocycles. The highest BCUT2D eigenvalue weighted by Crippen LogP contribution is 2.16. The molecule has 1 atom stereocenters. The van der Waals surface area contributed by atoms with E-state index in [0.29, 0.717) is 6.54 Å². The molecule has 0 spiro atoms. The zero-order valence-electron chi connectivity index (χ0n) is 7.75. The lowest BCUT2D eigenvalue weighted by molar-refractivity contribution is -0.141. The molecule has 1 unspecified atom stereocenters. The Hall–Kier alpha value is -1.10. The molecule has 0 aromatic heterocycles. The zero-order valence-corrected chi connectivity index (χ0v) is 7.75. The van der Waals surface area contributed by atoms with Gasteiger partial charge in [-0.15, -0.1) is 0 Å². The van der Waals surface area contributed by atoms with Gasteiger partial charge < -0.3 is 4.90 Å². The van der Waals surface area contributed by atoms with Crippen LogP contribution in [0.3, 0.4) is 0 Å². The SMILES string of the molecule is CC1CCCN(CC(=O)NN)C1=O. The van der Waals surface area contributed by atoms with Gasteiger partial charge in [-0.05, 0) is 12.8 Å². The number of likely N-dealkylation sites (tertiary alicyclic amines) is 1. The summed E-state index contributed by atoms with van der Waals surface area (Å²) in [6.45, 7) is 2.63. The zero-order chi connectivity index (χ0) is 9.84. The molecule has 0 radical (unpaired) electrons. The number of hydrazine groups is 1. The van der Waals surface area contributed by atoms with E-state index in [4.69, 9.17) is 5.84 Å². The van der Waals surface area contributed by atoms with Gasteiger partial charge >= 0.3 is 0 Å². The number of piperidine rings is 1. The maximum absolute atomic E-state index is 11.5. The van der Waals surface area contributed by atoms with Crippen LogP contribution in [0.15, 0.2) is 0 Å². The molecular formula is C8H15N3O2. The fourth-order valence-electron chi connectivity index (χ4n) is 1.51. The molecule has 5 heteroatoms. The molecular weight excluding hydrogens is 170 g/mol. The van der Waals surface area contributed by atoms with Gasteiger partial charge in [0.2, 0.25) is 5.91 Å². The van der Waals surface area contributed by atoms with E-state index >= 15 is 0 Å². The van der Waals surface area contributed by atoms with Crippen LogP contribution in [0.1, 0.15) is 19.8 Å². The van der Waals surface area contributed by atoms with Gasteiger partial charge in [0.25, 0.3) is 5.91 Å². The summed E-state index contributed by atoms with van der Waals surface area (Å²) in [5.74, 6) is 4.71. The van der Waals surface area contributed by atoms with Crippen LogP contribution in [0.2, 0.25) is 0 Å². The summed E-state index contributed by atoms with van der Waals surface area (Å²) in [6.07, 6.45) is 1.88. The Balaban J connectivity index is 2.49. The normalized spacial score (nSPS) is 23.1. The third kappa shape index (κ3) is 2.42. The van der Waals surface area contributed by atoms with E-state index in [1.165, 1.54) is 0 Å². The van der Waals surface area contributed by atoms with Crippen molar-refractivity contribution in [1.29, 1.82) is 0 Å². The van der Waals surface area contributed by atoms with Crippen LogP contribution < -0.4 is 11.3 Å². The molecule has 13 heavy (non-hydrogen) atoms. The molecule has 74 valence electrons. The average molecular weight is 185 g/mol. The number of rotatable bonds is 2. The number of carbonyl (C=O) groups excluding carboxylic acids is 2. The van der Waals surface area contributed by atoms with E-state index in [-0.39, 0.29) is 24.3 Å². The second kappa shape index (κ2) is 4.23. The Morgan fingerprint density at radius 2 is 2.46 bits per heavy atom.